The van der Waals surface area contributed by atoms with Crippen molar-refractivity contribution < 1.29 is 17.6 Å². The second-order valence-electron chi connectivity index (χ2n) is 8.75. The molecule has 0 aliphatic heterocycles. The maximum atomic E-state index is 13.7. The standard InChI is InChI=1S/C27H29FN4O3S2.ClH/c1-4-32(22-9-6-5-7-10-22)37(34,35)23-14-11-20(12-15-23)26(33)31(18-8-17-30(2)3)27-29-24-16-13-21(28)19-25(24)36-27;/h5-7,9-16,19H,4,8,17-18H2,1-3H3;1H. The topological polar surface area (TPSA) is 73.8 Å². The van der Waals surface area contributed by atoms with Gasteiger partial charge in [-0.1, -0.05) is 29.5 Å². The van der Waals surface area contributed by atoms with Crippen LogP contribution in [0, 0.1) is 5.82 Å². The number of carbonyl (C=O) groups is 1. The number of hydrogen-bond donors (Lipinski definition) is 0. The highest BCUT2D eigenvalue weighted by atomic mass is 35.5. The lowest BCUT2D eigenvalue weighted by molar-refractivity contribution is 0.0986. The van der Waals surface area contributed by atoms with Gasteiger partial charge in [0.1, 0.15) is 5.82 Å². The van der Waals surface area contributed by atoms with Gasteiger partial charge in [-0.3, -0.25) is 14.0 Å². The van der Waals surface area contributed by atoms with Crippen molar-refractivity contribution in [2.75, 3.05) is 42.9 Å². The SMILES string of the molecule is CCN(c1ccccc1)S(=O)(=O)c1ccc(C(=O)N(CCCN(C)C)c2nc3ccc(F)cc3s2)cc1.Cl. The highest BCUT2D eigenvalue weighted by molar-refractivity contribution is 7.92. The first kappa shape index (κ1) is 29.5. The molecule has 0 saturated heterocycles. The Morgan fingerprint density at radius 2 is 1.66 bits per heavy atom. The Kier molecular flexibility index (Phi) is 9.83. The molecule has 0 saturated carbocycles. The van der Waals surface area contributed by atoms with E-state index in [2.05, 4.69) is 4.98 Å². The van der Waals surface area contributed by atoms with Crippen LogP contribution in [0.4, 0.5) is 15.2 Å². The molecule has 4 rings (SSSR count). The van der Waals surface area contributed by atoms with E-state index in [-0.39, 0.29) is 35.6 Å². The fourth-order valence-corrected chi connectivity index (χ4v) is 6.46. The molecule has 202 valence electrons. The van der Waals surface area contributed by atoms with Crippen molar-refractivity contribution in [1.82, 2.24) is 9.88 Å². The molecule has 0 atom stereocenters. The van der Waals surface area contributed by atoms with Crippen LogP contribution in [0.25, 0.3) is 10.2 Å². The highest BCUT2D eigenvalue weighted by Gasteiger charge is 2.25. The molecule has 0 spiro atoms. The van der Waals surface area contributed by atoms with Gasteiger partial charge in [0, 0.05) is 18.7 Å². The molecule has 0 aliphatic rings. The number of halogens is 2. The van der Waals surface area contributed by atoms with Gasteiger partial charge in [0.25, 0.3) is 15.9 Å². The van der Waals surface area contributed by atoms with E-state index >= 15 is 0 Å². The second-order valence-corrected chi connectivity index (χ2v) is 11.6. The molecule has 0 radical (unpaired) electrons. The molecular formula is C27H30ClFN4O3S2. The van der Waals surface area contributed by atoms with Crippen LogP contribution in [0.2, 0.25) is 0 Å². The van der Waals surface area contributed by atoms with Crippen LogP contribution in [0.1, 0.15) is 23.7 Å². The van der Waals surface area contributed by atoms with Crippen molar-refractivity contribution in [3.63, 3.8) is 0 Å². The number of thiazole rings is 1. The zero-order valence-corrected chi connectivity index (χ0v) is 23.8. The lowest BCUT2D eigenvalue weighted by atomic mass is 10.2. The summed E-state index contributed by atoms with van der Waals surface area (Å²) in [6.45, 7) is 3.23. The molecule has 11 heteroatoms. The predicted molar refractivity (Wildman–Crippen MR) is 155 cm³/mol. The van der Waals surface area contributed by atoms with E-state index in [4.69, 9.17) is 0 Å². The number of benzene rings is 3. The van der Waals surface area contributed by atoms with E-state index in [1.165, 1.54) is 52.0 Å². The first-order chi connectivity index (χ1) is 17.7. The Hall–Kier alpha value is -3.05. The lowest BCUT2D eigenvalue weighted by Crippen LogP contribution is -2.33. The third-order valence-corrected chi connectivity index (χ3v) is 8.78. The van der Waals surface area contributed by atoms with E-state index in [1.807, 2.05) is 25.1 Å². The minimum atomic E-state index is -3.81. The van der Waals surface area contributed by atoms with Gasteiger partial charge in [-0.05, 0) is 88.6 Å². The van der Waals surface area contributed by atoms with Crippen LogP contribution < -0.4 is 9.21 Å². The van der Waals surface area contributed by atoms with E-state index in [0.29, 0.717) is 39.6 Å². The summed E-state index contributed by atoms with van der Waals surface area (Å²) in [6, 6.07) is 19.2. The van der Waals surface area contributed by atoms with Gasteiger partial charge < -0.3 is 4.90 Å². The summed E-state index contributed by atoms with van der Waals surface area (Å²) in [7, 11) is 0.111. The van der Waals surface area contributed by atoms with Gasteiger partial charge in [0.05, 0.1) is 20.8 Å². The molecule has 0 aliphatic carbocycles. The largest absolute Gasteiger partial charge is 0.309 e. The Morgan fingerprint density at radius 3 is 2.29 bits per heavy atom. The molecule has 1 aromatic heterocycles. The summed E-state index contributed by atoms with van der Waals surface area (Å²) >= 11 is 1.25. The van der Waals surface area contributed by atoms with Crippen LogP contribution in [-0.4, -0.2) is 57.9 Å². The maximum absolute atomic E-state index is 13.7. The van der Waals surface area contributed by atoms with Crippen LogP contribution in [0.15, 0.2) is 77.7 Å². The molecule has 1 heterocycles. The van der Waals surface area contributed by atoms with Gasteiger partial charge in [0.2, 0.25) is 0 Å². The molecule has 0 bridgehead atoms. The molecular weight excluding hydrogens is 547 g/mol. The maximum Gasteiger partial charge on any atom is 0.264 e. The molecule has 0 N–H and O–H groups in total. The van der Waals surface area contributed by atoms with E-state index in [0.717, 1.165) is 6.54 Å². The number of anilines is 2. The number of aromatic nitrogens is 1. The van der Waals surface area contributed by atoms with Crippen molar-refractivity contribution in [1.29, 1.82) is 0 Å². The van der Waals surface area contributed by atoms with Crippen molar-refractivity contribution in [3.05, 3.63) is 84.2 Å². The van der Waals surface area contributed by atoms with Gasteiger partial charge >= 0.3 is 0 Å². The number of sulfonamides is 1. The van der Waals surface area contributed by atoms with Crippen LogP contribution >= 0.6 is 23.7 Å². The third kappa shape index (κ3) is 6.50. The number of para-hydroxylation sites is 1. The summed E-state index contributed by atoms with van der Waals surface area (Å²) in [4.78, 5) is 21.9. The summed E-state index contributed by atoms with van der Waals surface area (Å²) < 4.78 is 42.4. The Bertz CT molecular complexity index is 1480. The zero-order valence-electron chi connectivity index (χ0n) is 21.4. The normalized spacial score (nSPS) is 11.4. The average molecular weight is 577 g/mol. The number of fused-ring (bicyclic) bond motifs is 1. The highest BCUT2D eigenvalue weighted by Crippen LogP contribution is 2.31. The van der Waals surface area contributed by atoms with Crippen LogP contribution in [0.3, 0.4) is 0 Å². The molecule has 0 fully saturated rings. The number of carbonyl (C=O) groups excluding carboxylic acids is 1. The summed E-state index contributed by atoms with van der Waals surface area (Å²) in [5.74, 6) is -0.653. The van der Waals surface area contributed by atoms with Gasteiger partial charge in [-0.2, -0.15) is 0 Å². The van der Waals surface area contributed by atoms with Crippen molar-refractivity contribution in [2.45, 2.75) is 18.2 Å². The lowest BCUT2D eigenvalue weighted by Gasteiger charge is -2.23. The van der Waals surface area contributed by atoms with Crippen molar-refractivity contribution in [2.24, 2.45) is 0 Å². The average Bonchev–Trinajstić information content (AvgIpc) is 3.30. The molecule has 38 heavy (non-hydrogen) atoms. The van der Waals surface area contributed by atoms with Gasteiger partial charge in [-0.15, -0.1) is 12.4 Å². The summed E-state index contributed by atoms with van der Waals surface area (Å²) in [5.41, 5.74) is 1.54. The smallest absolute Gasteiger partial charge is 0.264 e. The minimum Gasteiger partial charge on any atom is -0.309 e. The van der Waals surface area contributed by atoms with Gasteiger partial charge in [0.15, 0.2) is 5.13 Å². The Labute approximate surface area is 233 Å². The van der Waals surface area contributed by atoms with Crippen molar-refractivity contribution >= 4 is 60.7 Å². The number of nitrogens with zero attached hydrogens (tertiary/aromatic N) is 4. The predicted octanol–water partition coefficient (Wildman–Crippen LogP) is 5.67. The Morgan fingerprint density at radius 1 is 0.974 bits per heavy atom. The van der Waals surface area contributed by atoms with E-state index in [9.17, 15) is 17.6 Å². The molecule has 0 unspecified atom stereocenters. The summed E-state index contributed by atoms with van der Waals surface area (Å²) in [6.07, 6.45) is 0.706. The molecule has 3 aromatic carbocycles. The Balaban J connectivity index is 0.00000400. The first-order valence-electron chi connectivity index (χ1n) is 11.9. The number of amides is 1. The summed E-state index contributed by atoms with van der Waals surface area (Å²) in [5, 5.41) is 0.474. The quantitative estimate of drug-likeness (QED) is 0.243. The fourth-order valence-electron chi connectivity index (χ4n) is 3.97. The second kappa shape index (κ2) is 12.7. The molecule has 4 aromatic rings. The molecule has 7 nitrogen and oxygen atoms in total. The number of rotatable bonds is 10. The van der Waals surface area contributed by atoms with Crippen molar-refractivity contribution in [3.8, 4) is 0 Å². The number of hydrogen-bond acceptors (Lipinski definition) is 6. The van der Waals surface area contributed by atoms with Crippen LogP contribution in [-0.2, 0) is 10.0 Å². The van der Waals surface area contributed by atoms with E-state index < -0.39 is 10.0 Å². The minimum absolute atomic E-state index is 0. The zero-order chi connectivity index (χ0) is 26.6. The first-order valence-corrected chi connectivity index (χ1v) is 14.2. The third-order valence-electron chi connectivity index (χ3n) is 5.82. The monoisotopic (exact) mass is 576 g/mol. The molecule has 1 amide bonds. The van der Waals surface area contributed by atoms with Gasteiger partial charge in [-0.25, -0.2) is 17.8 Å². The fraction of sp³-hybridized carbons (Fsp3) is 0.259. The van der Waals surface area contributed by atoms with Crippen LogP contribution in [0.5, 0.6) is 0 Å². The van der Waals surface area contributed by atoms with E-state index in [1.54, 1.807) is 42.2 Å².